The Hall–Kier alpha value is -2.55. The SMILES string of the molecule is O=C(OCc1ccccc1)C1C=Cc2ccccc2O1. The highest BCUT2D eigenvalue weighted by molar-refractivity contribution is 5.80. The van der Waals surface area contributed by atoms with Crippen molar-refractivity contribution >= 4 is 12.0 Å². The molecule has 2 aromatic rings. The summed E-state index contributed by atoms with van der Waals surface area (Å²) in [6.07, 6.45) is 2.93. The summed E-state index contributed by atoms with van der Waals surface area (Å²) in [5.41, 5.74) is 1.93. The van der Waals surface area contributed by atoms with Crippen LogP contribution in [0.5, 0.6) is 5.75 Å². The molecular formula is C17H14O3. The van der Waals surface area contributed by atoms with Crippen LogP contribution in [0.1, 0.15) is 11.1 Å². The molecule has 0 aliphatic carbocycles. The summed E-state index contributed by atoms with van der Waals surface area (Å²) >= 11 is 0. The van der Waals surface area contributed by atoms with Gasteiger partial charge in [-0.3, -0.25) is 0 Å². The van der Waals surface area contributed by atoms with Gasteiger partial charge in [0.1, 0.15) is 12.4 Å². The van der Waals surface area contributed by atoms with Crippen LogP contribution in [-0.2, 0) is 16.1 Å². The summed E-state index contributed by atoms with van der Waals surface area (Å²) in [6.45, 7) is 0.259. The molecule has 2 aromatic carbocycles. The quantitative estimate of drug-likeness (QED) is 0.800. The van der Waals surface area contributed by atoms with Crippen LogP contribution in [0.25, 0.3) is 6.08 Å². The molecule has 0 fully saturated rings. The van der Waals surface area contributed by atoms with E-state index in [-0.39, 0.29) is 12.6 Å². The summed E-state index contributed by atoms with van der Waals surface area (Å²) in [7, 11) is 0. The van der Waals surface area contributed by atoms with E-state index in [1.807, 2.05) is 60.7 Å². The molecule has 0 spiro atoms. The first-order valence-corrected chi connectivity index (χ1v) is 6.47. The minimum absolute atomic E-state index is 0.259. The first-order valence-electron chi connectivity index (χ1n) is 6.47. The maximum absolute atomic E-state index is 12.0. The highest BCUT2D eigenvalue weighted by atomic mass is 16.6. The third kappa shape index (κ3) is 2.72. The molecule has 100 valence electrons. The molecular weight excluding hydrogens is 252 g/mol. The number of hydrogen-bond acceptors (Lipinski definition) is 3. The van der Waals surface area contributed by atoms with E-state index in [4.69, 9.17) is 9.47 Å². The molecule has 1 heterocycles. The van der Waals surface area contributed by atoms with Gasteiger partial charge in [0, 0.05) is 5.56 Å². The predicted molar refractivity (Wildman–Crippen MR) is 76.1 cm³/mol. The van der Waals surface area contributed by atoms with Gasteiger partial charge in [0.25, 0.3) is 0 Å². The molecule has 3 rings (SSSR count). The van der Waals surface area contributed by atoms with E-state index in [9.17, 15) is 4.79 Å². The van der Waals surface area contributed by atoms with Crippen molar-refractivity contribution in [3.05, 3.63) is 71.8 Å². The van der Waals surface area contributed by atoms with Gasteiger partial charge in [-0.2, -0.15) is 0 Å². The number of esters is 1. The lowest BCUT2D eigenvalue weighted by Crippen LogP contribution is -2.29. The molecule has 1 unspecified atom stereocenters. The Labute approximate surface area is 117 Å². The van der Waals surface area contributed by atoms with Crippen molar-refractivity contribution in [1.82, 2.24) is 0 Å². The summed E-state index contributed by atoms with van der Waals surface area (Å²) in [6, 6.07) is 17.2. The van der Waals surface area contributed by atoms with Crippen molar-refractivity contribution in [3.8, 4) is 5.75 Å². The normalized spacial score (nSPS) is 16.1. The van der Waals surface area contributed by atoms with Crippen molar-refractivity contribution in [2.75, 3.05) is 0 Å². The summed E-state index contributed by atoms with van der Waals surface area (Å²) < 4.78 is 10.9. The first-order chi connectivity index (χ1) is 9.83. The Balaban J connectivity index is 1.62. The minimum Gasteiger partial charge on any atom is -0.474 e. The van der Waals surface area contributed by atoms with Crippen LogP contribution in [0.15, 0.2) is 60.7 Å². The number of benzene rings is 2. The molecule has 3 heteroatoms. The van der Waals surface area contributed by atoms with E-state index < -0.39 is 6.10 Å². The Morgan fingerprint density at radius 3 is 2.65 bits per heavy atom. The number of hydrogen-bond donors (Lipinski definition) is 0. The Morgan fingerprint density at radius 2 is 1.80 bits per heavy atom. The molecule has 0 amide bonds. The van der Waals surface area contributed by atoms with E-state index in [1.54, 1.807) is 6.08 Å². The van der Waals surface area contributed by atoms with E-state index in [2.05, 4.69) is 0 Å². The van der Waals surface area contributed by atoms with Crippen molar-refractivity contribution in [2.45, 2.75) is 12.7 Å². The van der Waals surface area contributed by atoms with Gasteiger partial charge in [-0.15, -0.1) is 0 Å². The molecule has 1 aliphatic rings. The maximum Gasteiger partial charge on any atom is 0.351 e. The van der Waals surface area contributed by atoms with Crippen LogP contribution in [0, 0.1) is 0 Å². The smallest absolute Gasteiger partial charge is 0.351 e. The lowest BCUT2D eigenvalue weighted by molar-refractivity contribution is -0.151. The molecule has 1 atom stereocenters. The molecule has 20 heavy (non-hydrogen) atoms. The third-order valence-corrected chi connectivity index (χ3v) is 3.08. The van der Waals surface area contributed by atoms with Crippen LogP contribution in [-0.4, -0.2) is 12.1 Å². The number of carbonyl (C=O) groups is 1. The summed E-state index contributed by atoms with van der Waals surface area (Å²) in [5, 5.41) is 0. The zero-order valence-corrected chi connectivity index (χ0v) is 10.9. The van der Waals surface area contributed by atoms with Gasteiger partial charge in [-0.05, 0) is 17.7 Å². The number of para-hydroxylation sites is 1. The second-order valence-corrected chi connectivity index (χ2v) is 4.53. The summed E-state index contributed by atoms with van der Waals surface area (Å²) in [5.74, 6) is 0.330. The van der Waals surface area contributed by atoms with Gasteiger partial charge in [-0.25, -0.2) is 4.79 Å². The van der Waals surface area contributed by atoms with Crippen LogP contribution in [0.3, 0.4) is 0 Å². The predicted octanol–water partition coefficient (Wildman–Crippen LogP) is 3.20. The van der Waals surface area contributed by atoms with Gasteiger partial charge < -0.3 is 9.47 Å². The Kier molecular flexibility index (Phi) is 3.50. The fraction of sp³-hybridized carbons (Fsp3) is 0.118. The average Bonchev–Trinajstić information content (AvgIpc) is 2.53. The van der Waals surface area contributed by atoms with Crippen LogP contribution in [0.4, 0.5) is 0 Å². The van der Waals surface area contributed by atoms with Crippen molar-refractivity contribution < 1.29 is 14.3 Å². The van der Waals surface area contributed by atoms with E-state index >= 15 is 0 Å². The maximum atomic E-state index is 12.0. The molecule has 0 saturated heterocycles. The fourth-order valence-electron chi connectivity index (χ4n) is 2.03. The molecule has 0 aromatic heterocycles. The zero-order valence-electron chi connectivity index (χ0n) is 10.9. The molecule has 0 saturated carbocycles. The lowest BCUT2D eigenvalue weighted by atomic mass is 10.1. The number of rotatable bonds is 3. The van der Waals surface area contributed by atoms with E-state index in [0.29, 0.717) is 5.75 Å². The molecule has 3 nitrogen and oxygen atoms in total. The van der Waals surface area contributed by atoms with E-state index in [1.165, 1.54) is 0 Å². The van der Waals surface area contributed by atoms with Crippen LogP contribution < -0.4 is 4.74 Å². The monoisotopic (exact) mass is 266 g/mol. The molecule has 1 aliphatic heterocycles. The van der Waals surface area contributed by atoms with Crippen molar-refractivity contribution in [3.63, 3.8) is 0 Å². The Bertz CT molecular complexity index is 632. The van der Waals surface area contributed by atoms with Gasteiger partial charge in [0.2, 0.25) is 6.10 Å². The van der Waals surface area contributed by atoms with E-state index in [0.717, 1.165) is 11.1 Å². The number of ether oxygens (including phenoxy) is 2. The Morgan fingerprint density at radius 1 is 1.05 bits per heavy atom. The van der Waals surface area contributed by atoms with Crippen LogP contribution in [0.2, 0.25) is 0 Å². The number of fused-ring (bicyclic) bond motifs is 1. The molecule has 0 bridgehead atoms. The van der Waals surface area contributed by atoms with Crippen LogP contribution >= 0.6 is 0 Å². The topological polar surface area (TPSA) is 35.5 Å². The fourth-order valence-corrected chi connectivity index (χ4v) is 2.03. The summed E-state index contributed by atoms with van der Waals surface area (Å²) in [4.78, 5) is 12.0. The first kappa shape index (κ1) is 12.5. The molecule has 0 N–H and O–H groups in total. The van der Waals surface area contributed by atoms with Crippen molar-refractivity contribution in [2.24, 2.45) is 0 Å². The largest absolute Gasteiger partial charge is 0.474 e. The van der Waals surface area contributed by atoms with Gasteiger partial charge >= 0.3 is 5.97 Å². The average molecular weight is 266 g/mol. The second kappa shape index (κ2) is 5.61. The zero-order chi connectivity index (χ0) is 13.8. The van der Waals surface area contributed by atoms with Gasteiger partial charge in [-0.1, -0.05) is 54.6 Å². The van der Waals surface area contributed by atoms with Gasteiger partial charge in [0.05, 0.1) is 0 Å². The third-order valence-electron chi connectivity index (χ3n) is 3.08. The van der Waals surface area contributed by atoms with Gasteiger partial charge in [0.15, 0.2) is 0 Å². The standard InChI is InChI=1S/C17H14O3/c18-17(19-12-13-6-2-1-3-7-13)16-11-10-14-8-4-5-9-15(14)20-16/h1-11,16H,12H2. The highest BCUT2D eigenvalue weighted by Gasteiger charge is 2.23. The van der Waals surface area contributed by atoms with Crippen molar-refractivity contribution in [1.29, 1.82) is 0 Å². The minimum atomic E-state index is -0.673. The molecule has 0 radical (unpaired) electrons. The lowest BCUT2D eigenvalue weighted by Gasteiger charge is -2.20. The number of carbonyl (C=O) groups excluding carboxylic acids is 1. The highest BCUT2D eigenvalue weighted by Crippen LogP contribution is 2.25. The second-order valence-electron chi connectivity index (χ2n) is 4.53.